The zero-order valence-corrected chi connectivity index (χ0v) is 16.9. The second-order valence-electron chi connectivity index (χ2n) is 6.85. The van der Waals surface area contributed by atoms with Crippen LogP contribution in [0.3, 0.4) is 0 Å². The van der Waals surface area contributed by atoms with E-state index in [0.717, 1.165) is 42.9 Å². The average Bonchev–Trinajstić information content (AvgIpc) is 2.77. The molecule has 0 N–H and O–H groups in total. The zero-order chi connectivity index (χ0) is 19.8. The third kappa shape index (κ3) is 5.29. The van der Waals surface area contributed by atoms with E-state index in [9.17, 15) is 0 Å². The lowest BCUT2D eigenvalue weighted by Gasteiger charge is -2.10. The minimum Gasteiger partial charge on any atom is -0.497 e. The summed E-state index contributed by atoms with van der Waals surface area (Å²) >= 11 is 0. The van der Waals surface area contributed by atoms with Crippen LogP contribution in [0.4, 0.5) is 0 Å². The average molecular weight is 376 g/mol. The fourth-order valence-corrected chi connectivity index (χ4v) is 3.28. The van der Waals surface area contributed by atoms with Gasteiger partial charge in [0.05, 0.1) is 21.3 Å². The Hall–Kier alpha value is -2.94. The van der Waals surface area contributed by atoms with E-state index in [1.54, 1.807) is 21.3 Å². The van der Waals surface area contributed by atoms with Gasteiger partial charge >= 0.3 is 0 Å². The Kier molecular flexibility index (Phi) is 6.96. The first kappa shape index (κ1) is 19.8. The fraction of sp³-hybridized carbons (Fsp3) is 0.280. The number of methoxy groups -OCH3 is 3. The van der Waals surface area contributed by atoms with Gasteiger partial charge in [0.2, 0.25) is 0 Å². The summed E-state index contributed by atoms with van der Waals surface area (Å²) in [7, 11) is 5.03. The predicted octanol–water partition coefficient (Wildman–Crippen LogP) is 5.28. The number of rotatable bonds is 9. The summed E-state index contributed by atoms with van der Waals surface area (Å²) in [5.74, 6) is 2.46. The van der Waals surface area contributed by atoms with Crippen LogP contribution in [0.25, 0.3) is 0 Å². The van der Waals surface area contributed by atoms with Crippen LogP contribution >= 0.6 is 0 Å². The lowest BCUT2D eigenvalue weighted by Crippen LogP contribution is -1.96. The summed E-state index contributed by atoms with van der Waals surface area (Å²) < 4.78 is 15.9. The van der Waals surface area contributed by atoms with Gasteiger partial charge in [-0.3, -0.25) is 0 Å². The molecule has 0 aliphatic heterocycles. The lowest BCUT2D eigenvalue weighted by molar-refractivity contribution is 0.354. The third-order valence-corrected chi connectivity index (χ3v) is 5.03. The van der Waals surface area contributed by atoms with Gasteiger partial charge in [-0.1, -0.05) is 42.5 Å². The number of ether oxygens (including phenoxy) is 3. The highest BCUT2D eigenvalue weighted by Crippen LogP contribution is 2.28. The Morgan fingerprint density at radius 2 is 0.893 bits per heavy atom. The van der Waals surface area contributed by atoms with E-state index in [1.807, 2.05) is 18.2 Å². The van der Waals surface area contributed by atoms with Gasteiger partial charge in [-0.2, -0.15) is 0 Å². The molecule has 0 bridgehead atoms. The molecule has 0 fully saturated rings. The molecule has 28 heavy (non-hydrogen) atoms. The van der Waals surface area contributed by atoms with Crippen LogP contribution in [0.5, 0.6) is 17.2 Å². The first-order valence-electron chi connectivity index (χ1n) is 9.63. The van der Waals surface area contributed by atoms with Crippen LogP contribution in [0.15, 0.2) is 66.7 Å². The van der Waals surface area contributed by atoms with Gasteiger partial charge in [0.25, 0.3) is 0 Å². The molecule has 146 valence electrons. The quantitative estimate of drug-likeness (QED) is 0.508. The standard InChI is InChI=1S/C25H28O3/c1-26-23-15-12-21(13-16-23)9-8-19-4-6-20(7-5-19)10-11-22-14-17-24(27-2)25(18-22)28-3/h4-7,12-18H,8-11H2,1-3H3. The predicted molar refractivity (Wildman–Crippen MR) is 114 cm³/mol. The van der Waals surface area contributed by atoms with Crippen molar-refractivity contribution in [1.29, 1.82) is 0 Å². The van der Waals surface area contributed by atoms with Gasteiger partial charge in [0.1, 0.15) is 5.75 Å². The molecule has 3 aromatic carbocycles. The van der Waals surface area contributed by atoms with Crippen molar-refractivity contribution >= 4 is 0 Å². The van der Waals surface area contributed by atoms with Gasteiger partial charge in [0.15, 0.2) is 11.5 Å². The van der Waals surface area contributed by atoms with E-state index in [4.69, 9.17) is 14.2 Å². The Balaban J connectivity index is 1.52. The van der Waals surface area contributed by atoms with Crippen molar-refractivity contribution in [2.75, 3.05) is 21.3 Å². The number of aryl methyl sites for hydroxylation is 4. The van der Waals surface area contributed by atoms with Crippen LogP contribution in [0, 0.1) is 0 Å². The van der Waals surface area contributed by atoms with Gasteiger partial charge in [-0.05, 0) is 72.2 Å². The van der Waals surface area contributed by atoms with Crippen molar-refractivity contribution in [3.8, 4) is 17.2 Å². The third-order valence-electron chi connectivity index (χ3n) is 5.03. The second kappa shape index (κ2) is 9.84. The van der Waals surface area contributed by atoms with Crippen LogP contribution in [-0.4, -0.2) is 21.3 Å². The molecule has 0 saturated heterocycles. The highest BCUT2D eigenvalue weighted by Gasteiger charge is 2.05. The molecular formula is C25H28O3. The van der Waals surface area contributed by atoms with Crippen molar-refractivity contribution < 1.29 is 14.2 Å². The molecule has 0 atom stereocenters. The first-order chi connectivity index (χ1) is 13.7. The van der Waals surface area contributed by atoms with E-state index in [2.05, 4.69) is 48.5 Å². The maximum absolute atomic E-state index is 5.39. The molecule has 0 aliphatic rings. The summed E-state index contributed by atoms with van der Waals surface area (Å²) in [6.07, 6.45) is 4.07. The minimum absolute atomic E-state index is 0.771. The first-order valence-corrected chi connectivity index (χ1v) is 9.63. The summed E-state index contributed by atoms with van der Waals surface area (Å²) in [6, 6.07) is 23.4. The molecule has 0 saturated carbocycles. The molecule has 0 radical (unpaired) electrons. The SMILES string of the molecule is COc1ccc(CCc2ccc(CCc3ccc(OC)c(OC)c3)cc2)cc1. The molecule has 0 amide bonds. The molecule has 3 heteroatoms. The van der Waals surface area contributed by atoms with Gasteiger partial charge in [-0.15, -0.1) is 0 Å². The largest absolute Gasteiger partial charge is 0.497 e. The van der Waals surface area contributed by atoms with Crippen molar-refractivity contribution in [1.82, 2.24) is 0 Å². The van der Waals surface area contributed by atoms with Crippen molar-refractivity contribution in [2.45, 2.75) is 25.7 Å². The smallest absolute Gasteiger partial charge is 0.160 e. The van der Waals surface area contributed by atoms with E-state index < -0.39 is 0 Å². The summed E-state index contributed by atoms with van der Waals surface area (Å²) in [5.41, 5.74) is 5.30. The molecule has 3 aromatic rings. The Morgan fingerprint density at radius 1 is 0.464 bits per heavy atom. The zero-order valence-electron chi connectivity index (χ0n) is 16.9. The normalized spacial score (nSPS) is 10.5. The van der Waals surface area contributed by atoms with E-state index in [-0.39, 0.29) is 0 Å². The second-order valence-corrected chi connectivity index (χ2v) is 6.85. The molecule has 0 aromatic heterocycles. The van der Waals surface area contributed by atoms with Gasteiger partial charge in [0, 0.05) is 0 Å². The Labute approximate surface area is 167 Å². The highest BCUT2D eigenvalue weighted by atomic mass is 16.5. The molecule has 0 heterocycles. The number of hydrogen-bond donors (Lipinski definition) is 0. The van der Waals surface area contributed by atoms with E-state index >= 15 is 0 Å². The molecule has 3 rings (SSSR count). The van der Waals surface area contributed by atoms with Crippen molar-refractivity contribution in [2.24, 2.45) is 0 Å². The summed E-state index contributed by atoms with van der Waals surface area (Å²) in [5, 5.41) is 0. The molecule has 0 aliphatic carbocycles. The van der Waals surface area contributed by atoms with Crippen molar-refractivity contribution in [3.63, 3.8) is 0 Å². The van der Waals surface area contributed by atoms with Gasteiger partial charge < -0.3 is 14.2 Å². The fourth-order valence-electron chi connectivity index (χ4n) is 3.28. The maximum atomic E-state index is 5.39. The minimum atomic E-state index is 0.771. The molecular weight excluding hydrogens is 348 g/mol. The molecule has 0 spiro atoms. The maximum Gasteiger partial charge on any atom is 0.160 e. The van der Waals surface area contributed by atoms with Crippen LogP contribution in [0.2, 0.25) is 0 Å². The summed E-state index contributed by atoms with van der Waals surface area (Å²) in [4.78, 5) is 0. The van der Waals surface area contributed by atoms with Gasteiger partial charge in [-0.25, -0.2) is 0 Å². The van der Waals surface area contributed by atoms with E-state index in [0.29, 0.717) is 0 Å². The number of hydrogen-bond acceptors (Lipinski definition) is 3. The monoisotopic (exact) mass is 376 g/mol. The lowest BCUT2D eigenvalue weighted by atomic mass is 10.00. The molecule has 3 nitrogen and oxygen atoms in total. The molecule has 0 unspecified atom stereocenters. The van der Waals surface area contributed by atoms with Crippen LogP contribution < -0.4 is 14.2 Å². The van der Waals surface area contributed by atoms with Crippen molar-refractivity contribution in [3.05, 3.63) is 89.0 Å². The Bertz CT molecular complexity index is 867. The highest BCUT2D eigenvalue weighted by molar-refractivity contribution is 5.43. The Morgan fingerprint density at radius 3 is 1.36 bits per heavy atom. The van der Waals surface area contributed by atoms with Crippen LogP contribution in [0.1, 0.15) is 22.3 Å². The topological polar surface area (TPSA) is 27.7 Å². The summed E-state index contributed by atoms with van der Waals surface area (Å²) in [6.45, 7) is 0. The van der Waals surface area contributed by atoms with Crippen LogP contribution in [-0.2, 0) is 25.7 Å². The number of benzene rings is 3. The van der Waals surface area contributed by atoms with E-state index in [1.165, 1.54) is 22.3 Å².